The highest BCUT2D eigenvalue weighted by Crippen LogP contribution is 2.27. The maximum absolute atomic E-state index is 12.6. The lowest BCUT2D eigenvalue weighted by atomic mass is 10.0. The number of hydrogen-bond acceptors (Lipinski definition) is 4. The summed E-state index contributed by atoms with van der Waals surface area (Å²) < 4.78 is 5.04. The van der Waals surface area contributed by atoms with Gasteiger partial charge in [-0.25, -0.2) is 0 Å². The van der Waals surface area contributed by atoms with Crippen molar-refractivity contribution in [2.24, 2.45) is 0 Å². The summed E-state index contributed by atoms with van der Waals surface area (Å²) in [5.41, 5.74) is 0.912. The molecule has 0 aliphatic rings. The van der Waals surface area contributed by atoms with Gasteiger partial charge in [0.15, 0.2) is 5.76 Å². The predicted molar refractivity (Wildman–Crippen MR) is 101 cm³/mol. The van der Waals surface area contributed by atoms with E-state index in [0.29, 0.717) is 5.02 Å². The number of furan rings is 1. The second kappa shape index (κ2) is 8.21. The van der Waals surface area contributed by atoms with Crippen molar-refractivity contribution in [1.29, 1.82) is 0 Å². The van der Waals surface area contributed by atoms with E-state index >= 15 is 0 Å². The second-order valence-electron chi connectivity index (χ2n) is 5.68. The lowest BCUT2D eigenvalue weighted by Crippen LogP contribution is -2.45. The molecule has 3 aromatic rings. The summed E-state index contributed by atoms with van der Waals surface area (Å²) in [6.07, 6.45) is 1.41. The Balaban J connectivity index is 1.73. The normalized spacial score (nSPS) is 13.0. The Bertz CT molecular complexity index is 861. The van der Waals surface area contributed by atoms with Gasteiger partial charge in [-0.3, -0.25) is 9.59 Å². The van der Waals surface area contributed by atoms with Crippen LogP contribution in [-0.2, 0) is 4.79 Å². The van der Waals surface area contributed by atoms with Gasteiger partial charge >= 0.3 is 0 Å². The van der Waals surface area contributed by atoms with E-state index in [1.165, 1.54) is 6.26 Å². The van der Waals surface area contributed by atoms with Crippen molar-refractivity contribution in [3.8, 4) is 0 Å². The van der Waals surface area contributed by atoms with Crippen LogP contribution in [0.25, 0.3) is 0 Å². The van der Waals surface area contributed by atoms with E-state index in [4.69, 9.17) is 16.0 Å². The molecule has 2 heterocycles. The molecule has 3 rings (SSSR count). The van der Waals surface area contributed by atoms with Crippen LogP contribution in [0.5, 0.6) is 0 Å². The molecule has 0 saturated carbocycles. The molecule has 7 heteroatoms. The molecule has 5 nitrogen and oxygen atoms in total. The molecule has 26 heavy (non-hydrogen) atoms. The van der Waals surface area contributed by atoms with E-state index in [9.17, 15) is 9.59 Å². The maximum Gasteiger partial charge on any atom is 0.287 e. The highest BCUT2D eigenvalue weighted by atomic mass is 35.5. The Morgan fingerprint density at radius 1 is 1.08 bits per heavy atom. The molecule has 0 radical (unpaired) electrons. The zero-order valence-corrected chi connectivity index (χ0v) is 15.5. The molecule has 2 amide bonds. The standard InChI is InChI=1S/C19H17ClN2O3S/c1-12(21-19(24)15-4-2-10-25-15)18(23)22-17(16-5-3-11-26-16)13-6-8-14(20)9-7-13/h2-12,17H,1H3,(H,21,24)(H,22,23)/t12-,17+/m1/s1. The van der Waals surface area contributed by atoms with Gasteiger partial charge in [-0.15, -0.1) is 11.3 Å². The molecule has 0 unspecified atom stereocenters. The van der Waals surface area contributed by atoms with Crippen molar-refractivity contribution in [3.05, 3.63) is 81.4 Å². The number of carbonyl (C=O) groups excluding carboxylic acids is 2. The van der Waals surface area contributed by atoms with Crippen LogP contribution in [0.1, 0.15) is 34.0 Å². The third kappa shape index (κ3) is 4.33. The van der Waals surface area contributed by atoms with Crippen molar-refractivity contribution in [2.75, 3.05) is 0 Å². The van der Waals surface area contributed by atoms with Gasteiger partial charge in [0.05, 0.1) is 12.3 Å². The van der Waals surface area contributed by atoms with E-state index in [1.807, 2.05) is 29.6 Å². The van der Waals surface area contributed by atoms with Crippen molar-refractivity contribution < 1.29 is 14.0 Å². The van der Waals surface area contributed by atoms with Crippen LogP contribution in [0.2, 0.25) is 5.02 Å². The number of benzene rings is 1. The first kappa shape index (κ1) is 18.2. The number of rotatable bonds is 6. The lowest BCUT2D eigenvalue weighted by Gasteiger charge is -2.21. The summed E-state index contributed by atoms with van der Waals surface area (Å²) in [6, 6.07) is 13.3. The minimum atomic E-state index is -0.720. The van der Waals surface area contributed by atoms with Crippen molar-refractivity contribution in [2.45, 2.75) is 19.0 Å². The second-order valence-corrected chi connectivity index (χ2v) is 7.10. The van der Waals surface area contributed by atoms with Gasteiger partial charge in [0.25, 0.3) is 5.91 Å². The molecule has 1 aromatic carbocycles. The average molecular weight is 389 g/mol. The van der Waals surface area contributed by atoms with Crippen LogP contribution in [-0.4, -0.2) is 17.9 Å². The van der Waals surface area contributed by atoms with Crippen LogP contribution in [0, 0.1) is 0 Å². The van der Waals surface area contributed by atoms with Crippen LogP contribution in [0.4, 0.5) is 0 Å². The van der Waals surface area contributed by atoms with Crippen molar-refractivity contribution in [1.82, 2.24) is 10.6 Å². The average Bonchev–Trinajstić information content (AvgIpc) is 3.34. The quantitative estimate of drug-likeness (QED) is 0.670. The Kier molecular flexibility index (Phi) is 5.75. The minimum absolute atomic E-state index is 0.164. The monoisotopic (exact) mass is 388 g/mol. The van der Waals surface area contributed by atoms with Gasteiger partial charge in [0.2, 0.25) is 5.91 Å². The molecule has 2 N–H and O–H groups in total. The van der Waals surface area contributed by atoms with Crippen LogP contribution < -0.4 is 10.6 Å². The first-order chi connectivity index (χ1) is 12.5. The number of amides is 2. The molecule has 0 fully saturated rings. The number of carbonyl (C=O) groups is 2. The van der Waals surface area contributed by atoms with Crippen molar-refractivity contribution >= 4 is 34.8 Å². The Morgan fingerprint density at radius 2 is 1.85 bits per heavy atom. The summed E-state index contributed by atoms with van der Waals surface area (Å²) in [7, 11) is 0. The topological polar surface area (TPSA) is 71.3 Å². The number of hydrogen-bond donors (Lipinski definition) is 2. The predicted octanol–water partition coefficient (Wildman–Crippen LogP) is 4.02. The van der Waals surface area contributed by atoms with E-state index in [2.05, 4.69) is 10.6 Å². The summed E-state index contributed by atoms with van der Waals surface area (Å²) in [6.45, 7) is 1.63. The van der Waals surface area contributed by atoms with Gasteiger partial charge in [-0.2, -0.15) is 0 Å². The number of halogens is 1. The van der Waals surface area contributed by atoms with Gasteiger partial charge in [-0.05, 0) is 48.2 Å². The zero-order chi connectivity index (χ0) is 18.5. The molecular weight excluding hydrogens is 372 g/mol. The molecule has 2 aromatic heterocycles. The first-order valence-corrected chi connectivity index (χ1v) is 9.24. The Hall–Kier alpha value is -2.57. The fraction of sp³-hybridized carbons (Fsp3) is 0.158. The van der Waals surface area contributed by atoms with Gasteiger partial charge in [-0.1, -0.05) is 29.8 Å². The van der Waals surface area contributed by atoms with Gasteiger partial charge in [0, 0.05) is 9.90 Å². The highest BCUT2D eigenvalue weighted by Gasteiger charge is 2.23. The Morgan fingerprint density at radius 3 is 2.46 bits per heavy atom. The Labute approximate surface area is 160 Å². The number of thiophene rings is 1. The van der Waals surface area contributed by atoms with E-state index in [1.54, 1.807) is 42.5 Å². The molecule has 2 atom stereocenters. The molecule has 0 saturated heterocycles. The SMILES string of the molecule is C[C@@H](NC(=O)c1ccco1)C(=O)N[C@@H](c1ccc(Cl)cc1)c1cccs1. The summed E-state index contributed by atoms with van der Waals surface area (Å²) in [5.74, 6) is -0.563. The molecule has 0 spiro atoms. The fourth-order valence-electron chi connectivity index (χ4n) is 2.44. The smallest absolute Gasteiger partial charge is 0.287 e. The number of nitrogens with one attached hydrogen (secondary N) is 2. The van der Waals surface area contributed by atoms with E-state index in [0.717, 1.165) is 10.4 Å². The zero-order valence-electron chi connectivity index (χ0n) is 13.9. The maximum atomic E-state index is 12.6. The van der Waals surface area contributed by atoms with Crippen LogP contribution in [0.3, 0.4) is 0 Å². The highest BCUT2D eigenvalue weighted by molar-refractivity contribution is 7.10. The minimum Gasteiger partial charge on any atom is -0.459 e. The summed E-state index contributed by atoms with van der Waals surface area (Å²) in [5, 5.41) is 8.20. The van der Waals surface area contributed by atoms with Gasteiger partial charge < -0.3 is 15.1 Å². The summed E-state index contributed by atoms with van der Waals surface area (Å²) >= 11 is 7.51. The molecule has 0 bridgehead atoms. The third-order valence-electron chi connectivity index (χ3n) is 3.80. The van der Waals surface area contributed by atoms with Gasteiger partial charge in [0.1, 0.15) is 6.04 Å². The first-order valence-electron chi connectivity index (χ1n) is 7.98. The lowest BCUT2D eigenvalue weighted by molar-refractivity contribution is -0.123. The van der Waals surface area contributed by atoms with Crippen LogP contribution >= 0.6 is 22.9 Å². The van der Waals surface area contributed by atoms with Crippen molar-refractivity contribution in [3.63, 3.8) is 0 Å². The summed E-state index contributed by atoms with van der Waals surface area (Å²) in [4.78, 5) is 25.7. The molecule has 0 aliphatic heterocycles. The van der Waals surface area contributed by atoms with E-state index < -0.39 is 11.9 Å². The molecular formula is C19H17ClN2O3S. The largest absolute Gasteiger partial charge is 0.459 e. The third-order valence-corrected chi connectivity index (χ3v) is 4.99. The molecule has 134 valence electrons. The molecule has 0 aliphatic carbocycles. The van der Waals surface area contributed by atoms with Crippen LogP contribution in [0.15, 0.2) is 64.6 Å². The van der Waals surface area contributed by atoms with E-state index in [-0.39, 0.29) is 17.7 Å². The fourth-order valence-corrected chi connectivity index (χ4v) is 3.37.